The molecule has 0 radical (unpaired) electrons. The number of hydrogen-bond donors (Lipinski definition) is 0. The van der Waals surface area contributed by atoms with Gasteiger partial charge in [-0.2, -0.15) is 4.31 Å². The zero-order valence-corrected chi connectivity index (χ0v) is 20.2. The molecule has 0 N–H and O–H groups in total. The summed E-state index contributed by atoms with van der Waals surface area (Å²) in [5.74, 6) is 1.57. The number of ether oxygens (including phenoxy) is 1. The molecule has 1 aliphatic rings. The van der Waals surface area contributed by atoms with Gasteiger partial charge in [0, 0.05) is 37.8 Å². The maximum atomic E-state index is 13.2. The van der Waals surface area contributed by atoms with Crippen LogP contribution in [-0.4, -0.2) is 56.0 Å². The molecule has 1 aliphatic heterocycles. The minimum atomic E-state index is -3.56. The number of aromatic nitrogens is 2. The monoisotopic (exact) mass is 486 g/mol. The summed E-state index contributed by atoms with van der Waals surface area (Å²) in [5, 5.41) is 0. The van der Waals surface area contributed by atoms with E-state index < -0.39 is 10.0 Å². The maximum absolute atomic E-state index is 13.2. The van der Waals surface area contributed by atoms with Gasteiger partial charge in [-0.1, -0.05) is 42.5 Å². The Morgan fingerprint density at radius 2 is 1.37 bits per heavy atom. The van der Waals surface area contributed by atoms with E-state index >= 15 is 0 Å². The van der Waals surface area contributed by atoms with E-state index in [2.05, 4.69) is 14.9 Å². The first kappa shape index (κ1) is 23.0. The molecule has 5 rings (SSSR count). The fourth-order valence-corrected chi connectivity index (χ4v) is 5.62. The summed E-state index contributed by atoms with van der Waals surface area (Å²) < 4.78 is 33.3. The van der Waals surface area contributed by atoms with Crippen molar-refractivity contribution in [3.63, 3.8) is 0 Å². The Bertz CT molecular complexity index is 1380. The molecule has 1 saturated heterocycles. The molecule has 7 nitrogen and oxygen atoms in total. The SMILES string of the molecule is COc1ccc(-c2cc(N3CCN(S(=O)(=O)c4ccc(-c5ccccc5)cc4)CC3)ncn2)cc1. The molecule has 0 saturated carbocycles. The summed E-state index contributed by atoms with van der Waals surface area (Å²) >= 11 is 0. The second kappa shape index (κ2) is 9.85. The average molecular weight is 487 g/mol. The van der Waals surface area contributed by atoms with Gasteiger partial charge in [0.15, 0.2) is 0 Å². The lowest BCUT2D eigenvalue weighted by molar-refractivity contribution is 0.384. The number of sulfonamides is 1. The first-order valence-corrected chi connectivity index (χ1v) is 12.9. The van der Waals surface area contributed by atoms with E-state index in [0.29, 0.717) is 31.1 Å². The molecule has 3 aromatic carbocycles. The number of nitrogens with zero attached hydrogens (tertiary/aromatic N) is 4. The Balaban J connectivity index is 1.27. The zero-order chi connectivity index (χ0) is 24.3. The Morgan fingerprint density at radius 3 is 2.03 bits per heavy atom. The predicted molar refractivity (Wildman–Crippen MR) is 137 cm³/mol. The van der Waals surface area contributed by atoms with Crippen LogP contribution in [0.3, 0.4) is 0 Å². The summed E-state index contributed by atoms with van der Waals surface area (Å²) in [6, 6.07) is 26.7. The van der Waals surface area contributed by atoms with Crippen molar-refractivity contribution in [2.75, 3.05) is 38.2 Å². The second-order valence-corrected chi connectivity index (χ2v) is 10.2. The Hall–Kier alpha value is -3.75. The zero-order valence-electron chi connectivity index (χ0n) is 19.4. The van der Waals surface area contributed by atoms with Gasteiger partial charge in [0.25, 0.3) is 0 Å². The van der Waals surface area contributed by atoms with Crippen molar-refractivity contribution in [2.45, 2.75) is 4.90 Å². The van der Waals surface area contributed by atoms with Crippen LogP contribution in [0.4, 0.5) is 5.82 Å². The van der Waals surface area contributed by atoms with E-state index in [1.807, 2.05) is 72.8 Å². The van der Waals surface area contributed by atoms with Gasteiger partial charge in [-0.25, -0.2) is 18.4 Å². The summed E-state index contributed by atoms with van der Waals surface area (Å²) in [4.78, 5) is 11.2. The van der Waals surface area contributed by atoms with Gasteiger partial charge >= 0.3 is 0 Å². The van der Waals surface area contributed by atoms with Crippen LogP contribution in [0.25, 0.3) is 22.4 Å². The van der Waals surface area contributed by atoms with Crippen molar-refractivity contribution < 1.29 is 13.2 Å². The molecule has 0 spiro atoms. The van der Waals surface area contributed by atoms with Crippen LogP contribution >= 0.6 is 0 Å². The molecular weight excluding hydrogens is 460 g/mol. The molecule has 1 fully saturated rings. The standard InChI is InChI=1S/C27H26N4O3S/c1-34-24-11-7-23(8-12-24)26-19-27(29-20-28-26)30-15-17-31(18-16-30)35(32,33)25-13-9-22(10-14-25)21-5-3-2-4-6-21/h2-14,19-20H,15-18H2,1H3. The van der Waals surface area contributed by atoms with Gasteiger partial charge in [-0.3, -0.25) is 0 Å². The molecule has 1 aromatic heterocycles. The van der Waals surface area contributed by atoms with Crippen molar-refractivity contribution in [2.24, 2.45) is 0 Å². The highest BCUT2D eigenvalue weighted by Gasteiger charge is 2.29. The average Bonchev–Trinajstić information content (AvgIpc) is 2.94. The van der Waals surface area contributed by atoms with Gasteiger partial charge in [0.05, 0.1) is 17.7 Å². The summed E-state index contributed by atoms with van der Waals surface area (Å²) in [5.41, 5.74) is 3.83. The first-order valence-electron chi connectivity index (χ1n) is 11.4. The minimum absolute atomic E-state index is 0.314. The predicted octanol–water partition coefficient (Wildman–Crippen LogP) is 4.33. The van der Waals surface area contributed by atoms with Crippen molar-refractivity contribution in [1.29, 1.82) is 0 Å². The molecule has 0 atom stereocenters. The lowest BCUT2D eigenvalue weighted by Gasteiger charge is -2.34. The van der Waals surface area contributed by atoms with Crippen LogP contribution in [0.2, 0.25) is 0 Å². The van der Waals surface area contributed by atoms with E-state index in [4.69, 9.17) is 4.74 Å². The lowest BCUT2D eigenvalue weighted by Crippen LogP contribution is -2.48. The van der Waals surface area contributed by atoms with Gasteiger partial charge < -0.3 is 9.64 Å². The smallest absolute Gasteiger partial charge is 0.243 e. The van der Waals surface area contributed by atoms with Gasteiger partial charge in [-0.05, 0) is 47.5 Å². The van der Waals surface area contributed by atoms with Crippen LogP contribution in [0.5, 0.6) is 5.75 Å². The van der Waals surface area contributed by atoms with Crippen LogP contribution in [0.1, 0.15) is 0 Å². The Labute approximate surface area is 205 Å². The summed E-state index contributed by atoms with van der Waals surface area (Å²) in [6.45, 7) is 1.90. The van der Waals surface area contributed by atoms with Crippen molar-refractivity contribution in [3.8, 4) is 28.1 Å². The highest BCUT2D eigenvalue weighted by Crippen LogP contribution is 2.26. The van der Waals surface area contributed by atoms with Gasteiger partial charge in [-0.15, -0.1) is 0 Å². The maximum Gasteiger partial charge on any atom is 0.243 e. The van der Waals surface area contributed by atoms with Crippen molar-refractivity contribution >= 4 is 15.8 Å². The fraction of sp³-hybridized carbons (Fsp3) is 0.185. The number of benzene rings is 3. The van der Waals surface area contributed by atoms with Crippen molar-refractivity contribution in [3.05, 3.63) is 91.3 Å². The minimum Gasteiger partial charge on any atom is -0.497 e. The van der Waals surface area contributed by atoms with Crippen LogP contribution in [-0.2, 0) is 10.0 Å². The normalized spacial score (nSPS) is 14.6. The van der Waals surface area contributed by atoms with Crippen LogP contribution in [0, 0.1) is 0 Å². The van der Waals surface area contributed by atoms with Gasteiger partial charge in [0.2, 0.25) is 10.0 Å². The molecular formula is C27H26N4O3S. The van der Waals surface area contributed by atoms with E-state index in [1.165, 1.54) is 0 Å². The molecule has 35 heavy (non-hydrogen) atoms. The lowest BCUT2D eigenvalue weighted by atomic mass is 10.1. The molecule has 8 heteroatoms. The van der Waals surface area contributed by atoms with Crippen LogP contribution < -0.4 is 9.64 Å². The molecule has 0 unspecified atom stereocenters. The third kappa shape index (κ3) is 4.89. The van der Waals surface area contributed by atoms with Crippen LogP contribution in [0.15, 0.2) is 96.2 Å². The van der Waals surface area contributed by atoms with Crippen molar-refractivity contribution in [1.82, 2.24) is 14.3 Å². The molecule has 4 aromatic rings. The number of methoxy groups -OCH3 is 1. The molecule has 0 aliphatic carbocycles. The van der Waals surface area contributed by atoms with E-state index in [-0.39, 0.29) is 0 Å². The van der Waals surface area contributed by atoms with E-state index in [1.54, 1.807) is 29.9 Å². The largest absolute Gasteiger partial charge is 0.497 e. The summed E-state index contributed by atoms with van der Waals surface area (Å²) in [6.07, 6.45) is 1.55. The molecule has 178 valence electrons. The number of piperazine rings is 1. The topological polar surface area (TPSA) is 75.6 Å². The third-order valence-electron chi connectivity index (χ3n) is 6.20. The number of rotatable bonds is 6. The number of hydrogen-bond acceptors (Lipinski definition) is 6. The highest BCUT2D eigenvalue weighted by molar-refractivity contribution is 7.89. The fourth-order valence-electron chi connectivity index (χ4n) is 4.20. The second-order valence-electron chi connectivity index (χ2n) is 8.27. The molecule has 2 heterocycles. The Kier molecular flexibility index (Phi) is 6.48. The summed E-state index contributed by atoms with van der Waals surface area (Å²) in [7, 11) is -1.93. The quantitative estimate of drug-likeness (QED) is 0.404. The van der Waals surface area contributed by atoms with Gasteiger partial charge in [0.1, 0.15) is 17.9 Å². The van der Waals surface area contributed by atoms with E-state index in [9.17, 15) is 8.42 Å². The first-order chi connectivity index (χ1) is 17.0. The molecule has 0 bridgehead atoms. The Morgan fingerprint density at radius 1 is 0.743 bits per heavy atom. The van der Waals surface area contributed by atoms with E-state index in [0.717, 1.165) is 34.0 Å². The third-order valence-corrected chi connectivity index (χ3v) is 8.11. The molecule has 0 amide bonds. The number of anilines is 1. The highest BCUT2D eigenvalue weighted by atomic mass is 32.2.